The first kappa shape index (κ1) is 23.8. The maximum absolute atomic E-state index is 5.66. The Morgan fingerprint density at radius 1 is 1.33 bits per heavy atom. The highest BCUT2D eigenvalue weighted by Crippen LogP contribution is 2.30. The molecular weight excluding hydrogens is 461 g/mol. The van der Waals surface area contributed by atoms with E-state index in [1.807, 2.05) is 25.1 Å². The van der Waals surface area contributed by atoms with Crippen LogP contribution in [0.15, 0.2) is 23.2 Å². The minimum absolute atomic E-state index is 0. The van der Waals surface area contributed by atoms with E-state index in [0.717, 1.165) is 38.1 Å². The minimum atomic E-state index is 0. The van der Waals surface area contributed by atoms with E-state index in [1.54, 1.807) is 14.2 Å². The van der Waals surface area contributed by atoms with Crippen LogP contribution in [0.1, 0.15) is 26.2 Å². The van der Waals surface area contributed by atoms with E-state index < -0.39 is 0 Å². The van der Waals surface area contributed by atoms with Gasteiger partial charge in [0.1, 0.15) is 0 Å². The monoisotopic (exact) mass is 493 g/mol. The van der Waals surface area contributed by atoms with Crippen LogP contribution in [-0.4, -0.2) is 59.2 Å². The molecule has 0 aliphatic carbocycles. The molecule has 0 radical (unpaired) electrons. The van der Waals surface area contributed by atoms with Gasteiger partial charge in [0.25, 0.3) is 0 Å². The third-order valence-electron chi connectivity index (χ3n) is 4.04. The number of hydrogen-bond donors (Lipinski definition) is 2. The number of rotatable bonds is 10. The SMILES string of the molecule is CCOc1cc(NC(=NC)NCCCOCC2CCCO2)ccc1OC.I. The number of nitrogens with one attached hydrogen (secondary N) is 2. The van der Waals surface area contributed by atoms with Gasteiger partial charge in [0.15, 0.2) is 17.5 Å². The van der Waals surface area contributed by atoms with Crippen LogP contribution in [0.5, 0.6) is 11.5 Å². The Hall–Kier alpha value is -1.26. The number of guanidine groups is 1. The van der Waals surface area contributed by atoms with Gasteiger partial charge in [-0.25, -0.2) is 0 Å². The van der Waals surface area contributed by atoms with Gasteiger partial charge < -0.3 is 29.6 Å². The zero-order valence-electron chi connectivity index (χ0n) is 16.5. The summed E-state index contributed by atoms with van der Waals surface area (Å²) in [5, 5.41) is 6.54. The van der Waals surface area contributed by atoms with Crippen LogP contribution in [-0.2, 0) is 9.47 Å². The van der Waals surface area contributed by atoms with Gasteiger partial charge in [0.05, 0.1) is 26.4 Å². The van der Waals surface area contributed by atoms with Crippen LogP contribution in [0.25, 0.3) is 0 Å². The molecule has 8 heteroatoms. The highest BCUT2D eigenvalue weighted by molar-refractivity contribution is 14.0. The number of nitrogens with zero attached hydrogens (tertiary/aromatic N) is 1. The van der Waals surface area contributed by atoms with Gasteiger partial charge in [0, 0.05) is 38.6 Å². The molecule has 2 N–H and O–H groups in total. The molecule has 7 nitrogen and oxygen atoms in total. The predicted octanol–water partition coefficient (Wildman–Crippen LogP) is 3.28. The highest BCUT2D eigenvalue weighted by Gasteiger charge is 2.14. The van der Waals surface area contributed by atoms with Crippen molar-refractivity contribution in [3.05, 3.63) is 18.2 Å². The van der Waals surface area contributed by atoms with Gasteiger partial charge >= 0.3 is 0 Å². The topological polar surface area (TPSA) is 73.3 Å². The molecule has 1 unspecified atom stereocenters. The first-order valence-corrected chi connectivity index (χ1v) is 9.24. The first-order chi connectivity index (χ1) is 12.8. The molecule has 27 heavy (non-hydrogen) atoms. The van der Waals surface area contributed by atoms with E-state index in [4.69, 9.17) is 18.9 Å². The summed E-state index contributed by atoms with van der Waals surface area (Å²) in [4.78, 5) is 4.24. The van der Waals surface area contributed by atoms with Gasteiger partial charge in [-0.15, -0.1) is 24.0 Å². The van der Waals surface area contributed by atoms with Crippen LogP contribution >= 0.6 is 24.0 Å². The molecule has 1 aromatic carbocycles. The second kappa shape index (κ2) is 13.8. The summed E-state index contributed by atoms with van der Waals surface area (Å²) < 4.78 is 22.1. The lowest BCUT2D eigenvalue weighted by Crippen LogP contribution is -2.32. The fourth-order valence-electron chi connectivity index (χ4n) is 2.71. The van der Waals surface area contributed by atoms with E-state index in [2.05, 4.69) is 15.6 Å². The van der Waals surface area contributed by atoms with Crippen LogP contribution < -0.4 is 20.1 Å². The maximum Gasteiger partial charge on any atom is 0.195 e. The van der Waals surface area contributed by atoms with Crippen molar-refractivity contribution in [2.45, 2.75) is 32.3 Å². The minimum Gasteiger partial charge on any atom is -0.493 e. The smallest absolute Gasteiger partial charge is 0.195 e. The standard InChI is InChI=1S/C19H31N3O4.HI/c1-4-25-18-13-15(8-9-17(18)23-3)22-19(20-2)21-10-6-11-24-14-16-7-5-12-26-16;/h8-9,13,16H,4-7,10-12,14H2,1-3H3,(H2,20,21,22);1H. The van der Waals surface area contributed by atoms with Crippen molar-refractivity contribution in [2.75, 3.05) is 52.4 Å². The second-order valence-corrected chi connectivity index (χ2v) is 5.99. The number of benzene rings is 1. The molecule has 1 saturated heterocycles. The molecular formula is C19H32IN3O4. The van der Waals surface area contributed by atoms with Crippen molar-refractivity contribution in [1.82, 2.24) is 5.32 Å². The van der Waals surface area contributed by atoms with Gasteiger partial charge in [-0.1, -0.05) is 0 Å². The van der Waals surface area contributed by atoms with Gasteiger partial charge in [-0.05, 0) is 38.3 Å². The third kappa shape index (κ3) is 8.52. The summed E-state index contributed by atoms with van der Waals surface area (Å²) in [5.41, 5.74) is 0.886. The summed E-state index contributed by atoms with van der Waals surface area (Å²) in [6.07, 6.45) is 3.45. The van der Waals surface area contributed by atoms with E-state index in [0.29, 0.717) is 37.3 Å². The number of hydrogen-bond acceptors (Lipinski definition) is 5. The zero-order valence-corrected chi connectivity index (χ0v) is 18.8. The summed E-state index contributed by atoms with van der Waals surface area (Å²) >= 11 is 0. The van der Waals surface area contributed by atoms with Crippen LogP contribution in [0, 0.1) is 0 Å². The molecule has 1 aliphatic rings. The molecule has 0 saturated carbocycles. The Labute approximate surface area is 179 Å². The van der Waals surface area contributed by atoms with Gasteiger partial charge in [-0.3, -0.25) is 4.99 Å². The van der Waals surface area contributed by atoms with Crippen molar-refractivity contribution < 1.29 is 18.9 Å². The van der Waals surface area contributed by atoms with E-state index in [1.165, 1.54) is 0 Å². The van der Waals surface area contributed by atoms with Crippen molar-refractivity contribution in [3.8, 4) is 11.5 Å². The lowest BCUT2D eigenvalue weighted by atomic mass is 10.2. The molecule has 1 heterocycles. The van der Waals surface area contributed by atoms with E-state index in [9.17, 15) is 0 Å². The molecule has 0 spiro atoms. The zero-order chi connectivity index (χ0) is 18.6. The quantitative estimate of drug-likeness (QED) is 0.226. The number of methoxy groups -OCH3 is 1. The average Bonchev–Trinajstić information content (AvgIpc) is 3.17. The third-order valence-corrected chi connectivity index (χ3v) is 4.04. The highest BCUT2D eigenvalue weighted by atomic mass is 127. The molecule has 1 atom stereocenters. The predicted molar refractivity (Wildman–Crippen MR) is 119 cm³/mol. The fraction of sp³-hybridized carbons (Fsp3) is 0.632. The molecule has 0 bridgehead atoms. The van der Waals surface area contributed by atoms with E-state index >= 15 is 0 Å². The molecule has 1 aromatic rings. The number of aliphatic imine (C=N–C) groups is 1. The van der Waals surface area contributed by atoms with Crippen molar-refractivity contribution in [1.29, 1.82) is 0 Å². The Balaban J connectivity index is 0.00000364. The molecule has 2 rings (SSSR count). The molecule has 0 aromatic heterocycles. The fourth-order valence-corrected chi connectivity index (χ4v) is 2.71. The number of halogens is 1. The Bertz CT molecular complexity index is 566. The molecule has 154 valence electrons. The Morgan fingerprint density at radius 2 is 2.19 bits per heavy atom. The lowest BCUT2D eigenvalue weighted by Gasteiger charge is -2.15. The lowest BCUT2D eigenvalue weighted by molar-refractivity contribution is 0.0168. The largest absolute Gasteiger partial charge is 0.493 e. The van der Waals surface area contributed by atoms with Crippen LogP contribution in [0.3, 0.4) is 0 Å². The Morgan fingerprint density at radius 3 is 2.85 bits per heavy atom. The van der Waals surface area contributed by atoms with Crippen LogP contribution in [0.2, 0.25) is 0 Å². The summed E-state index contributed by atoms with van der Waals surface area (Å²) in [6.45, 7) is 5.58. The number of anilines is 1. The van der Waals surface area contributed by atoms with Crippen molar-refractivity contribution in [2.24, 2.45) is 4.99 Å². The van der Waals surface area contributed by atoms with Crippen LogP contribution in [0.4, 0.5) is 5.69 Å². The maximum atomic E-state index is 5.66. The second-order valence-electron chi connectivity index (χ2n) is 5.99. The molecule has 1 fully saturated rings. The summed E-state index contributed by atoms with van der Waals surface area (Å²) in [5.74, 6) is 2.12. The summed E-state index contributed by atoms with van der Waals surface area (Å²) in [6, 6.07) is 5.71. The first-order valence-electron chi connectivity index (χ1n) is 9.24. The summed E-state index contributed by atoms with van der Waals surface area (Å²) in [7, 11) is 3.38. The van der Waals surface area contributed by atoms with Gasteiger partial charge in [0.2, 0.25) is 0 Å². The average molecular weight is 493 g/mol. The normalized spacial score (nSPS) is 16.6. The Kier molecular flexibility index (Phi) is 12.2. The van der Waals surface area contributed by atoms with Crippen molar-refractivity contribution in [3.63, 3.8) is 0 Å². The molecule has 1 aliphatic heterocycles. The number of ether oxygens (including phenoxy) is 4. The van der Waals surface area contributed by atoms with E-state index in [-0.39, 0.29) is 30.1 Å². The van der Waals surface area contributed by atoms with Gasteiger partial charge in [-0.2, -0.15) is 0 Å². The van der Waals surface area contributed by atoms with Crippen molar-refractivity contribution >= 4 is 35.6 Å². The molecule has 0 amide bonds.